The van der Waals surface area contributed by atoms with Crippen molar-refractivity contribution in [3.8, 4) is 17.2 Å². The van der Waals surface area contributed by atoms with E-state index in [2.05, 4.69) is 0 Å². The number of ether oxygens (including phenoxy) is 4. The third kappa shape index (κ3) is 7.37. The standard InChI is InChI=1S/C26H32O7/c1-5-19(16-27)26(29)33-17-21(25(28)20-10-12-22(30-2)13-11-20)8-6-7-18-9-14-23(31-3)24(15-18)32-4/h5-7,9-15,21,25,27-28H,8,16-17H2,1-4H3/b7-6+,19-5-/t21-,25+/m1/s1. The predicted octanol–water partition coefficient (Wildman–Crippen LogP) is 3.95. The van der Waals surface area contributed by atoms with Crippen molar-refractivity contribution in [1.29, 1.82) is 0 Å². The van der Waals surface area contributed by atoms with Gasteiger partial charge < -0.3 is 29.2 Å². The fourth-order valence-corrected chi connectivity index (χ4v) is 3.25. The van der Waals surface area contributed by atoms with E-state index >= 15 is 0 Å². The van der Waals surface area contributed by atoms with Crippen molar-refractivity contribution in [2.24, 2.45) is 5.92 Å². The van der Waals surface area contributed by atoms with Crippen molar-refractivity contribution in [1.82, 2.24) is 0 Å². The van der Waals surface area contributed by atoms with Crippen molar-refractivity contribution in [2.45, 2.75) is 19.4 Å². The van der Waals surface area contributed by atoms with Crippen LogP contribution in [0.25, 0.3) is 6.08 Å². The first-order valence-corrected chi connectivity index (χ1v) is 10.6. The quantitative estimate of drug-likeness (QED) is 0.369. The van der Waals surface area contributed by atoms with E-state index < -0.39 is 24.6 Å². The smallest absolute Gasteiger partial charge is 0.336 e. The monoisotopic (exact) mass is 456 g/mol. The molecule has 0 saturated carbocycles. The van der Waals surface area contributed by atoms with Gasteiger partial charge in [-0.2, -0.15) is 0 Å². The molecule has 0 spiro atoms. The molecule has 33 heavy (non-hydrogen) atoms. The third-order valence-electron chi connectivity index (χ3n) is 5.27. The molecule has 0 aliphatic heterocycles. The van der Waals surface area contributed by atoms with Crippen LogP contribution in [0.1, 0.15) is 30.6 Å². The lowest BCUT2D eigenvalue weighted by Crippen LogP contribution is -2.22. The minimum absolute atomic E-state index is 0.0142. The molecular formula is C26H32O7. The third-order valence-corrected chi connectivity index (χ3v) is 5.27. The molecule has 2 rings (SSSR count). The summed E-state index contributed by atoms with van der Waals surface area (Å²) in [5.41, 5.74) is 1.76. The number of hydrogen-bond acceptors (Lipinski definition) is 7. The predicted molar refractivity (Wildman–Crippen MR) is 126 cm³/mol. The summed E-state index contributed by atoms with van der Waals surface area (Å²) in [5.74, 6) is 0.929. The van der Waals surface area contributed by atoms with E-state index in [0.29, 0.717) is 29.2 Å². The summed E-state index contributed by atoms with van der Waals surface area (Å²) in [5, 5.41) is 20.3. The van der Waals surface area contributed by atoms with Gasteiger partial charge >= 0.3 is 5.97 Å². The van der Waals surface area contributed by atoms with Crippen LogP contribution in [0.15, 0.2) is 60.2 Å². The van der Waals surface area contributed by atoms with Crippen molar-refractivity contribution in [3.05, 3.63) is 71.3 Å². The van der Waals surface area contributed by atoms with Gasteiger partial charge in [0.05, 0.1) is 46.2 Å². The maximum Gasteiger partial charge on any atom is 0.336 e. The van der Waals surface area contributed by atoms with Gasteiger partial charge in [-0.1, -0.05) is 36.4 Å². The van der Waals surface area contributed by atoms with Gasteiger partial charge in [0.25, 0.3) is 0 Å². The van der Waals surface area contributed by atoms with Gasteiger partial charge in [-0.3, -0.25) is 0 Å². The van der Waals surface area contributed by atoms with Crippen molar-refractivity contribution in [3.63, 3.8) is 0 Å². The Morgan fingerprint density at radius 1 is 1.00 bits per heavy atom. The Balaban J connectivity index is 2.18. The summed E-state index contributed by atoms with van der Waals surface area (Å²) in [6.07, 6.45) is 4.90. The van der Waals surface area contributed by atoms with E-state index in [4.69, 9.17) is 18.9 Å². The molecule has 178 valence electrons. The van der Waals surface area contributed by atoms with Gasteiger partial charge in [-0.05, 0) is 48.7 Å². The van der Waals surface area contributed by atoms with E-state index in [-0.39, 0.29) is 12.2 Å². The summed E-state index contributed by atoms with van der Waals surface area (Å²) in [6.45, 7) is 1.24. The highest BCUT2D eigenvalue weighted by atomic mass is 16.5. The Hall–Kier alpha value is -3.29. The summed E-state index contributed by atoms with van der Waals surface area (Å²) in [7, 11) is 4.73. The Morgan fingerprint density at radius 2 is 1.70 bits per heavy atom. The zero-order chi connectivity index (χ0) is 24.2. The van der Waals surface area contributed by atoms with Gasteiger partial charge in [0.1, 0.15) is 5.75 Å². The van der Waals surface area contributed by atoms with Gasteiger partial charge in [-0.25, -0.2) is 4.79 Å². The van der Waals surface area contributed by atoms with Crippen molar-refractivity contribution < 1.29 is 34.0 Å². The number of allylic oxidation sites excluding steroid dienone is 2. The molecule has 2 aromatic carbocycles. The van der Waals surface area contributed by atoms with Crippen LogP contribution in [0.5, 0.6) is 17.2 Å². The SMILES string of the molecule is C/C=C(/CO)C(=O)OC[C@@H](C/C=C/c1ccc(OC)c(OC)c1)[C@@H](O)c1ccc(OC)cc1. The molecule has 0 radical (unpaired) electrons. The molecule has 0 bridgehead atoms. The fourth-order valence-electron chi connectivity index (χ4n) is 3.25. The molecule has 2 atom stereocenters. The van der Waals surface area contributed by atoms with E-state index in [1.54, 1.807) is 52.5 Å². The van der Waals surface area contributed by atoms with Crippen molar-refractivity contribution >= 4 is 12.0 Å². The topological polar surface area (TPSA) is 94.5 Å². The Morgan fingerprint density at radius 3 is 2.27 bits per heavy atom. The van der Waals surface area contributed by atoms with E-state index in [1.165, 1.54) is 6.08 Å². The van der Waals surface area contributed by atoms with Crippen LogP contribution >= 0.6 is 0 Å². The molecule has 0 amide bonds. The number of carbonyl (C=O) groups is 1. The number of rotatable bonds is 12. The van der Waals surface area contributed by atoms with Crippen LogP contribution in [-0.2, 0) is 9.53 Å². The Bertz CT molecular complexity index is 948. The van der Waals surface area contributed by atoms with Crippen molar-refractivity contribution in [2.75, 3.05) is 34.5 Å². The summed E-state index contributed by atoms with van der Waals surface area (Å²) in [6, 6.07) is 12.7. The number of benzene rings is 2. The van der Waals surface area contributed by atoms with E-state index in [1.807, 2.05) is 30.4 Å². The summed E-state index contributed by atoms with van der Waals surface area (Å²) < 4.78 is 21.2. The molecule has 0 aliphatic carbocycles. The number of aliphatic hydroxyl groups is 2. The highest BCUT2D eigenvalue weighted by Crippen LogP contribution is 2.30. The first-order chi connectivity index (χ1) is 16.0. The molecule has 7 heteroatoms. The Labute approximate surface area is 194 Å². The molecule has 0 aliphatic rings. The lowest BCUT2D eigenvalue weighted by Gasteiger charge is -2.22. The number of esters is 1. The second-order valence-corrected chi connectivity index (χ2v) is 7.30. The fraction of sp³-hybridized carbons (Fsp3) is 0.346. The number of hydrogen-bond donors (Lipinski definition) is 2. The number of carbonyl (C=O) groups excluding carboxylic acids is 1. The van der Waals surface area contributed by atoms with Crippen LogP contribution in [-0.4, -0.2) is 50.7 Å². The van der Waals surface area contributed by atoms with Crippen LogP contribution in [0.3, 0.4) is 0 Å². The highest BCUT2D eigenvalue weighted by molar-refractivity contribution is 5.88. The first-order valence-electron chi connectivity index (χ1n) is 10.6. The van der Waals surface area contributed by atoms with Gasteiger partial charge in [0.15, 0.2) is 11.5 Å². The molecule has 0 unspecified atom stereocenters. The maximum absolute atomic E-state index is 12.2. The maximum atomic E-state index is 12.2. The summed E-state index contributed by atoms with van der Waals surface area (Å²) >= 11 is 0. The molecule has 0 fully saturated rings. The lowest BCUT2D eigenvalue weighted by molar-refractivity contribution is -0.142. The molecule has 7 nitrogen and oxygen atoms in total. The minimum atomic E-state index is -0.873. The van der Waals surface area contributed by atoms with Crippen LogP contribution in [0.4, 0.5) is 0 Å². The largest absolute Gasteiger partial charge is 0.497 e. The lowest BCUT2D eigenvalue weighted by atomic mass is 9.93. The van der Waals surface area contributed by atoms with Gasteiger partial charge in [0, 0.05) is 5.92 Å². The van der Waals surface area contributed by atoms with E-state index in [9.17, 15) is 15.0 Å². The molecular weight excluding hydrogens is 424 g/mol. The van der Waals surface area contributed by atoms with E-state index in [0.717, 1.165) is 5.56 Å². The van der Waals surface area contributed by atoms with Crippen LogP contribution < -0.4 is 14.2 Å². The Kier molecular flexibility index (Phi) is 10.5. The molecule has 0 aromatic heterocycles. The molecule has 0 saturated heterocycles. The van der Waals surface area contributed by atoms with Gasteiger partial charge in [-0.15, -0.1) is 0 Å². The molecule has 2 N–H and O–H groups in total. The molecule has 0 heterocycles. The van der Waals surface area contributed by atoms with Crippen LogP contribution in [0.2, 0.25) is 0 Å². The normalized spacial score (nSPS) is 13.5. The minimum Gasteiger partial charge on any atom is -0.497 e. The number of aliphatic hydroxyl groups excluding tert-OH is 2. The highest BCUT2D eigenvalue weighted by Gasteiger charge is 2.23. The zero-order valence-corrected chi connectivity index (χ0v) is 19.5. The molecule has 2 aromatic rings. The average molecular weight is 457 g/mol. The number of methoxy groups -OCH3 is 3. The average Bonchev–Trinajstić information content (AvgIpc) is 2.86. The second-order valence-electron chi connectivity index (χ2n) is 7.30. The second kappa shape index (κ2) is 13.3. The van der Waals surface area contributed by atoms with Crippen LogP contribution in [0, 0.1) is 5.92 Å². The summed E-state index contributed by atoms with van der Waals surface area (Å²) in [4.78, 5) is 12.2. The van der Waals surface area contributed by atoms with Gasteiger partial charge in [0.2, 0.25) is 0 Å². The zero-order valence-electron chi connectivity index (χ0n) is 19.5. The first kappa shape index (κ1) is 26.0.